The number of aromatic nitrogens is 2. The lowest BCUT2D eigenvalue weighted by atomic mass is 9.64. The van der Waals surface area contributed by atoms with Gasteiger partial charge < -0.3 is 15.2 Å². The molecule has 9 nitrogen and oxygen atoms in total. The minimum absolute atomic E-state index is 0.0764. The van der Waals surface area contributed by atoms with Crippen LogP contribution in [0.5, 0.6) is 0 Å². The van der Waals surface area contributed by atoms with Gasteiger partial charge >= 0.3 is 6.03 Å². The molecule has 1 aromatic heterocycles. The molecule has 2 N–H and O–H groups in total. The second-order valence-electron chi connectivity index (χ2n) is 10.1. The van der Waals surface area contributed by atoms with Crippen molar-refractivity contribution in [3.8, 4) is 0 Å². The van der Waals surface area contributed by atoms with Crippen molar-refractivity contribution in [2.24, 2.45) is 18.4 Å². The van der Waals surface area contributed by atoms with E-state index in [0.29, 0.717) is 35.8 Å². The van der Waals surface area contributed by atoms with Crippen LogP contribution in [-0.4, -0.2) is 50.2 Å². The number of imide groups is 1. The fourth-order valence-electron chi connectivity index (χ4n) is 5.41. The van der Waals surface area contributed by atoms with Gasteiger partial charge in [0.05, 0.1) is 0 Å². The van der Waals surface area contributed by atoms with Crippen molar-refractivity contribution in [1.29, 1.82) is 0 Å². The SMILES string of the molecule is C[C@@H]1CC(C)(C)C[C@@]2(C1)NC(=O)N(CC(=O)Nc1ccc(C(=O)c3nccn3C)cc1)C2=O. The number of hydrogen-bond donors (Lipinski definition) is 2. The Morgan fingerprint density at radius 2 is 1.88 bits per heavy atom. The highest BCUT2D eigenvalue weighted by Gasteiger charge is 2.56. The molecule has 1 aliphatic carbocycles. The maximum Gasteiger partial charge on any atom is 0.325 e. The summed E-state index contributed by atoms with van der Waals surface area (Å²) in [4.78, 5) is 56.0. The number of carbonyl (C=O) groups excluding carboxylic acids is 4. The fraction of sp³-hybridized carbons (Fsp3) is 0.458. The number of nitrogens with one attached hydrogen (secondary N) is 2. The van der Waals surface area contributed by atoms with Gasteiger partial charge in [0.25, 0.3) is 5.91 Å². The molecule has 1 spiro atoms. The van der Waals surface area contributed by atoms with Gasteiger partial charge in [-0.25, -0.2) is 9.78 Å². The van der Waals surface area contributed by atoms with Crippen molar-refractivity contribution in [1.82, 2.24) is 19.8 Å². The monoisotopic (exact) mass is 451 g/mol. The quantitative estimate of drug-likeness (QED) is 0.536. The molecule has 0 unspecified atom stereocenters. The summed E-state index contributed by atoms with van der Waals surface area (Å²) in [6.45, 7) is 5.91. The van der Waals surface area contributed by atoms with Crippen molar-refractivity contribution in [2.75, 3.05) is 11.9 Å². The number of amides is 4. The summed E-state index contributed by atoms with van der Waals surface area (Å²) in [5.74, 6) is -0.437. The number of aryl methyl sites for hydroxylation is 1. The maximum absolute atomic E-state index is 13.2. The highest BCUT2D eigenvalue weighted by atomic mass is 16.2. The molecule has 2 aromatic rings. The fourth-order valence-corrected chi connectivity index (χ4v) is 5.41. The minimum Gasteiger partial charge on any atom is -0.331 e. The highest BCUT2D eigenvalue weighted by molar-refractivity contribution is 6.10. The van der Waals surface area contributed by atoms with Crippen molar-refractivity contribution in [2.45, 2.75) is 45.6 Å². The number of anilines is 1. The number of nitrogens with zero attached hydrogens (tertiary/aromatic N) is 3. The van der Waals surface area contributed by atoms with Crippen LogP contribution in [0.3, 0.4) is 0 Å². The third-order valence-corrected chi connectivity index (χ3v) is 6.38. The van der Waals surface area contributed by atoms with E-state index in [0.717, 1.165) is 11.3 Å². The van der Waals surface area contributed by atoms with E-state index in [2.05, 4.69) is 36.4 Å². The van der Waals surface area contributed by atoms with E-state index in [1.165, 1.54) is 0 Å². The first kappa shape index (κ1) is 22.7. The predicted octanol–water partition coefficient (Wildman–Crippen LogP) is 2.73. The van der Waals surface area contributed by atoms with Crippen LogP contribution in [0, 0.1) is 11.3 Å². The van der Waals surface area contributed by atoms with Crippen LogP contribution < -0.4 is 10.6 Å². The Hall–Kier alpha value is -3.49. The van der Waals surface area contributed by atoms with E-state index in [4.69, 9.17) is 0 Å². The molecule has 1 saturated carbocycles. The van der Waals surface area contributed by atoms with E-state index >= 15 is 0 Å². The topological polar surface area (TPSA) is 113 Å². The molecule has 9 heteroatoms. The average Bonchev–Trinajstić information content (AvgIpc) is 3.23. The summed E-state index contributed by atoms with van der Waals surface area (Å²) >= 11 is 0. The van der Waals surface area contributed by atoms with Gasteiger partial charge in [-0.3, -0.25) is 19.3 Å². The van der Waals surface area contributed by atoms with Crippen LogP contribution in [0.2, 0.25) is 0 Å². The normalized spacial score (nSPS) is 24.1. The summed E-state index contributed by atoms with van der Waals surface area (Å²) in [7, 11) is 1.74. The van der Waals surface area contributed by atoms with Crippen molar-refractivity contribution >= 4 is 29.3 Å². The molecule has 1 aliphatic heterocycles. The molecule has 174 valence electrons. The molecule has 4 rings (SSSR count). The number of ketones is 1. The lowest BCUT2D eigenvalue weighted by Crippen LogP contribution is -2.54. The lowest BCUT2D eigenvalue weighted by molar-refractivity contribution is -0.136. The zero-order valence-corrected chi connectivity index (χ0v) is 19.3. The van der Waals surface area contributed by atoms with Gasteiger partial charge in [0, 0.05) is 30.7 Å². The van der Waals surface area contributed by atoms with Gasteiger partial charge in [0.1, 0.15) is 12.1 Å². The first-order chi connectivity index (χ1) is 15.5. The second kappa shape index (κ2) is 8.13. The smallest absolute Gasteiger partial charge is 0.325 e. The van der Waals surface area contributed by atoms with Gasteiger partial charge in [-0.2, -0.15) is 0 Å². The summed E-state index contributed by atoms with van der Waals surface area (Å²) in [5, 5.41) is 5.57. The average molecular weight is 452 g/mol. The Labute approximate surface area is 192 Å². The number of hydrogen-bond acceptors (Lipinski definition) is 5. The molecule has 1 aromatic carbocycles. The van der Waals surface area contributed by atoms with E-state index in [-0.39, 0.29) is 23.7 Å². The van der Waals surface area contributed by atoms with Gasteiger partial charge in [-0.1, -0.05) is 20.8 Å². The molecule has 2 heterocycles. The number of benzene rings is 1. The Bertz CT molecular complexity index is 1120. The summed E-state index contributed by atoms with van der Waals surface area (Å²) in [5.41, 5.74) is -0.114. The third kappa shape index (κ3) is 4.40. The van der Waals surface area contributed by atoms with Crippen molar-refractivity contribution < 1.29 is 19.2 Å². The Morgan fingerprint density at radius 1 is 1.18 bits per heavy atom. The number of urea groups is 1. The Morgan fingerprint density at radius 3 is 2.48 bits per heavy atom. The molecule has 2 fully saturated rings. The van der Waals surface area contributed by atoms with Crippen LogP contribution >= 0.6 is 0 Å². The molecule has 2 aliphatic rings. The van der Waals surface area contributed by atoms with Crippen LogP contribution in [0.15, 0.2) is 36.7 Å². The van der Waals surface area contributed by atoms with Crippen LogP contribution in [0.4, 0.5) is 10.5 Å². The molecule has 33 heavy (non-hydrogen) atoms. The van der Waals surface area contributed by atoms with E-state index in [1.807, 2.05) is 0 Å². The molecule has 1 saturated heterocycles. The zero-order valence-electron chi connectivity index (χ0n) is 19.3. The standard InChI is InChI=1S/C24H29N5O4/c1-15-11-23(2,3)14-24(12-15)21(32)29(22(33)27-24)13-18(30)26-17-7-5-16(6-8-17)19(31)20-25-9-10-28(20)4/h5-10,15H,11-14H2,1-4H3,(H,26,30)(H,27,33)/t15-,24-/m1/s1. The van der Waals surface area contributed by atoms with Crippen LogP contribution in [0.25, 0.3) is 0 Å². The number of rotatable bonds is 5. The van der Waals surface area contributed by atoms with Gasteiger partial charge in [-0.05, 0) is 54.9 Å². The zero-order chi connectivity index (χ0) is 24.0. The third-order valence-electron chi connectivity index (χ3n) is 6.38. The highest BCUT2D eigenvalue weighted by Crippen LogP contribution is 2.46. The number of carbonyl (C=O) groups is 4. The molecule has 0 radical (unpaired) electrons. The van der Waals surface area contributed by atoms with Gasteiger partial charge in [0.2, 0.25) is 11.7 Å². The Balaban J connectivity index is 1.41. The maximum atomic E-state index is 13.2. The van der Waals surface area contributed by atoms with Crippen molar-refractivity contribution in [3.05, 3.63) is 48.0 Å². The van der Waals surface area contributed by atoms with Crippen LogP contribution in [-0.2, 0) is 16.6 Å². The number of imidazole rings is 1. The lowest BCUT2D eigenvalue weighted by Gasteiger charge is -2.43. The van der Waals surface area contributed by atoms with Crippen LogP contribution in [0.1, 0.15) is 56.2 Å². The largest absolute Gasteiger partial charge is 0.331 e. The molecule has 0 bridgehead atoms. The molecule has 2 atom stereocenters. The summed E-state index contributed by atoms with van der Waals surface area (Å²) in [6.07, 6.45) is 5.35. The second-order valence-corrected chi connectivity index (χ2v) is 10.1. The molecular formula is C24H29N5O4. The summed E-state index contributed by atoms with van der Waals surface area (Å²) < 4.78 is 1.64. The van der Waals surface area contributed by atoms with Crippen molar-refractivity contribution in [3.63, 3.8) is 0 Å². The van der Waals surface area contributed by atoms with Gasteiger partial charge in [0.15, 0.2) is 5.82 Å². The molecule has 4 amide bonds. The first-order valence-corrected chi connectivity index (χ1v) is 11.1. The molecular weight excluding hydrogens is 422 g/mol. The van der Waals surface area contributed by atoms with Gasteiger partial charge in [-0.15, -0.1) is 0 Å². The minimum atomic E-state index is -0.939. The Kier molecular flexibility index (Phi) is 5.59. The van der Waals surface area contributed by atoms with E-state index in [1.54, 1.807) is 48.3 Å². The van der Waals surface area contributed by atoms with E-state index < -0.39 is 17.5 Å². The predicted molar refractivity (Wildman–Crippen MR) is 121 cm³/mol. The first-order valence-electron chi connectivity index (χ1n) is 11.1. The summed E-state index contributed by atoms with van der Waals surface area (Å²) in [6, 6.07) is 5.87. The van der Waals surface area contributed by atoms with E-state index in [9.17, 15) is 19.2 Å².